The second-order valence-electron chi connectivity index (χ2n) is 7.53. The van der Waals surface area contributed by atoms with E-state index in [0.717, 1.165) is 10.0 Å². The highest BCUT2D eigenvalue weighted by Gasteiger charge is 2.15. The van der Waals surface area contributed by atoms with Crippen LogP contribution in [0, 0.1) is 0 Å². The van der Waals surface area contributed by atoms with E-state index in [1.165, 1.54) is 31.4 Å². The number of hydrogen-bond acceptors (Lipinski definition) is 5. The fourth-order valence-electron chi connectivity index (χ4n) is 3.03. The summed E-state index contributed by atoms with van der Waals surface area (Å²) in [5.41, 5.74) is 1.88. The maximum atomic E-state index is 12.6. The third kappa shape index (κ3) is 6.72. The maximum absolute atomic E-state index is 12.6. The van der Waals surface area contributed by atoms with Gasteiger partial charge < -0.3 is 14.8 Å². The van der Waals surface area contributed by atoms with Crippen LogP contribution in [0.5, 0.6) is 11.5 Å². The zero-order chi connectivity index (χ0) is 24.0. The molecule has 0 aliphatic heterocycles. The van der Waals surface area contributed by atoms with Gasteiger partial charge in [0, 0.05) is 15.8 Å². The summed E-state index contributed by atoms with van der Waals surface area (Å²) in [4.78, 5) is 12.4. The van der Waals surface area contributed by atoms with Crippen molar-refractivity contribution in [1.82, 2.24) is 0 Å². The number of rotatable bonds is 9. The predicted molar refractivity (Wildman–Crippen MR) is 133 cm³/mol. The highest BCUT2D eigenvalue weighted by atomic mass is 79.9. The Hall–Kier alpha value is -3.04. The van der Waals surface area contributed by atoms with Gasteiger partial charge in [0.15, 0.2) is 6.61 Å². The number of methoxy groups -OCH3 is 1. The lowest BCUT2D eigenvalue weighted by Crippen LogP contribution is -2.20. The average Bonchev–Trinajstić information content (AvgIpc) is 2.78. The Morgan fingerprint density at radius 3 is 2.21 bits per heavy atom. The molecule has 0 aliphatic carbocycles. The number of carbonyl (C=O) groups excluding carboxylic acids is 1. The van der Waals surface area contributed by atoms with Crippen molar-refractivity contribution in [1.29, 1.82) is 0 Å². The predicted octanol–water partition coefficient (Wildman–Crippen LogP) is 5.40. The normalized spacial score (nSPS) is 11.2. The molecule has 1 amide bonds. The molecule has 2 N–H and O–H groups in total. The highest BCUT2D eigenvalue weighted by molar-refractivity contribution is 9.10. The molecule has 3 rings (SSSR count). The van der Waals surface area contributed by atoms with Gasteiger partial charge in [-0.25, -0.2) is 8.42 Å². The van der Waals surface area contributed by atoms with Gasteiger partial charge in [0.1, 0.15) is 11.5 Å². The van der Waals surface area contributed by atoms with Crippen LogP contribution in [0.15, 0.2) is 76.1 Å². The summed E-state index contributed by atoms with van der Waals surface area (Å²) in [6.45, 7) is 3.93. The zero-order valence-electron chi connectivity index (χ0n) is 18.5. The van der Waals surface area contributed by atoms with E-state index in [1.807, 2.05) is 32.0 Å². The van der Waals surface area contributed by atoms with Gasteiger partial charge in [0.05, 0.1) is 12.0 Å². The van der Waals surface area contributed by atoms with E-state index in [0.29, 0.717) is 22.9 Å². The van der Waals surface area contributed by atoms with Gasteiger partial charge in [-0.3, -0.25) is 9.52 Å². The van der Waals surface area contributed by atoms with Crippen molar-refractivity contribution < 1.29 is 22.7 Å². The van der Waals surface area contributed by atoms with Gasteiger partial charge in [-0.1, -0.05) is 29.8 Å². The lowest BCUT2D eigenvalue weighted by atomic mass is 10.0. The fourth-order valence-corrected chi connectivity index (χ4v) is 4.47. The first-order chi connectivity index (χ1) is 15.7. The summed E-state index contributed by atoms with van der Waals surface area (Å²) in [6, 6.07) is 18.1. The number of ether oxygens (including phenoxy) is 2. The third-order valence-corrected chi connectivity index (χ3v) is 6.63. The Balaban J connectivity index is 1.60. The second-order valence-corrected chi connectivity index (χ2v) is 10.1. The van der Waals surface area contributed by atoms with Crippen LogP contribution < -0.4 is 19.5 Å². The molecule has 0 aliphatic rings. The van der Waals surface area contributed by atoms with Gasteiger partial charge in [-0.15, -0.1) is 0 Å². The molecule has 174 valence electrons. The number of carbonyl (C=O) groups is 1. The van der Waals surface area contributed by atoms with Gasteiger partial charge in [-0.2, -0.15) is 0 Å². The molecule has 9 heteroatoms. The molecule has 7 nitrogen and oxygen atoms in total. The second kappa shape index (κ2) is 10.7. The van der Waals surface area contributed by atoms with Gasteiger partial charge >= 0.3 is 0 Å². The van der Waals surface area contributed by atoms with Crippen LogP contribution in [0.25, 0.3) is 0 Å². The molecule has 0 saturated carbocycles. The number of sulfonamides is 1. The van der Waals surface area contributed by atoms with Crippen molar-refractivity contribution in [3.8, 4) is 11.5 Å². The average molecular weight is 533 g/mol. The molecule has 0 fully saturated rings. The molecule has 0 heterocycles. The van der Waals surface area contributed by atoms with E-state index in [4.69, 9.17) is 9.47 Å². The summed E-state index contributed by atoms with van der Waals surface area (Å²) in [6.07, 6.45) is 0. The number of benzene rings is 3. The smallest absolute Gasteiger partial charge is 0.262 e. The molecule has 33 heavy (non-hydrogen) atoms. The van der Waals surface area contributed by atoms with Crippen LogP contribution in [0.1, 0.15) is 25.3 Å². The van der Waals surface area contributed by atoms with Crippen LogP contribution in [0.4, 0.5) is 11.4 Å². The highest BCUT2D eigenvalue weighted by Crippen LogP contribution is 2.29. The van der Waals surface area contributed by atoms with Crippen molar-refractivity contribution >= 4 is 43.2 Å². The van der Waals surface area contributed by atoms with Crippen molar-refractivity contribution in [2.24, 2.45) is 0 Å². The zero-order valence-corrected chi connectivity index (χ0v) is 20.9. The molecule has 0 bridgehead atoms. The molecule has 0 radical (unpaired) electrons. The molecule has 0 aromatic heterocycles. The van der Waals surface area contributed by atoms with Crippen LogP contribution in [0.3, 0.4) is 0 Å². The summed E-state index contributed by atoms with van der Waals surface area (Å²) in [5, 5.41) is 2.71. The summed E-state index contributed by atoms with van der Waals surface area (Å²) in [5.74, 6) is 1.16. The summed E-state index contributed by atoms with van der Waals surface area (Å²) >= 11 is 3.45. The molecular formula is C24H25BrN2O5S. The van der Waals surface area contributed by atoms with E-state index in [-0.39, 0.29) is 23.3 Å². The number of amides is 1. The first kappa shape index (κ1) is 24.6. The van der Waals surface area contributed by atoms with Crippen molar-refractivity contribution in [3.63, 3.8) is 0 Å². The minimum Gasteiger partial charge on any atom is -0.497 e. The lowest BCUT2D eigenvalue weighted by molar-refractivity contribution is -0.118. The molecule has 3 aromatic rings. The Morgan fingerprint density at radius 2 is 1.61 bits per heavy atom. The van der Waals surface area contributed by atoms with Crippen LogP contribution in [-0.4, -0.2) is 28.0 Å². The van der Waals surface area contributed by atoms with E-state index >= 15 is 0 Å². The third-order valence-electron chi connectivity index (χ3n) is 4.74. The number of anilines is 2. The van der Waals surface area contributed by atoms with Gasteiger partial charge in [0.2, 0.25) is 0 Å². The Kier molecular flexibility index (Phi) is 7.99. The number of hydrogen-bond donors (Lipinski definition) is 2. The van der Waals surface area contributed by atoms with E-state index in [9.17, 15) is 13.2 Å². The standard InChI is InChI=1S/C24H25BrN2O5S/c1-16(2)22-14-17(25)4-13-23(22)32-15-24(28)26-18-7-11-21(12-8-18)33(29,30)27-19-5-9-20(31-3)10-6-19/h4-14,16,27H,15H2,1-3H3,(H,26,28). The minimum absolute atomic E-state index is 0.0732. The largest absolute Gasteiger partial charge is 0.497 e. The van der Waals surface area contributed by atoms with Crippen LogP contribution >= 0.6 is 15.9 Å². The molecular weight excluding hydrogens is 508 g/mol. The topological polar surface area (TPSA) is 93.7 Å². The van der Waals surface area contributed by atoms with Crippen molar-refractivity contribution in [2.45, 2.75) is 24.7 Å². The van der Waals surface area contributed by atoms with E-state index < -0.39 is 10.0 Å². The number of halogens is 1. The Morgan fingerprint density at radius 1 is 0.970 bits per heavy atom. The monoisotopic (exact) mass is 532 g/mol. The van der Waals surface area contributed by atoms with Crippen LogP contribution in [0.2, 0.25) is 0 Å². The first-order valence-corrected chi connectivity index (χ1v) is 12.4. The van der Waals surface area contributed by atoms with E-state index in [1.54, 1.807) is 24.3 Å². The Bertz CT molecular complexity index is 1210. The van der Waals surface area contributed by atoms with Gasteiger partial charge in [-0.05, 0) is 78.2 Å². The van der Waals surface area contributed by atoms with Crippen molar-refractivity contribution in [2.75, 3.05) is 23.8 Å². The summed E-state index contributed by atoms with van der Waals surface area (Å²) in [7, 11) is -2.24. The summed E-state index contributed by atoms with van der Waals surface area (Å²) < 4.78 is 39.4. The maximum Gasteiger partial charge on any atom is 0.262 e. The van der Waals surface area contributed by atoms with Gasteiger partial charge in [0.25, 0.3) is 15.9 Å². The van der Waals surface area contributed by atoms with Crippen LogP contribution in [-0.2, 0) is 14.8 Å². The first-order valence-electron chi connectivity index (χ1n) is 10.2. The SMILES string of the molecule is COc1ccc(NS(=O)(=O)c2ccc(NC(=O)COc3ccc(Br)cc3C(C)C)cc2)cc1. The van der Waals surface area contributed by atoms with E-state index in [2.05, 4.69) is 26.0 Å². The molecule has 0 unspecified atom stereocenters. The molecule has 0 spiro atoms. The fraction of sp³-hybridized carbons (Fsp3) is 0.208. The quantitative estimate of drug-likeness (QED) is 0.384. The number of nitrogens with one attached hydrogen (secondary N) is 2. The molecule has 0 saturated heterocycles. The van der Waals surface area contributed by atoms with Crippen molar-refractivity contribution in [3.05, 3.63) is 76.8 Å². The Labute approximate surface area is 202 Å². The molecule has 3 aromatic carbocycles. The molecule has 0 atom stereocenters. The lowest BCUT2D eigenvalue weighted by Gasteiger charge is -2.14. The minimum atomic E-state index is -3.77.